The number of amides is 1. The van der Waals surface area contributed by atoms with E-state index in [1.165, 1.54) is 36.0 Å². The first-order chi connectivity index (χ1) is 9.88. The number of hydrogen-bond donors (Lipinski definition) is 2. The molecule has 1 aromatic carbocycles. The fourth-order valence-electron chi connectivity index (χ4n) is 1.74. The number of rotatable bonds is 4. The van der Waals surface area contributed by atoms with Crippen LogP contribution in [0.15, 0.2) is 34.2 Å². The Labute approximate surface area is 128 Å². The summed E-state index contributed by atoms with van der Waals surface area (Å²) >= 11 is 1.49. The van der Waals surface area contributed by atoms with Crippen LogP contribution >= 0.6 is 11.8 Å². The second-order valence-electron chi connectivity index (χ2n) is 4.79. The minimum Gasteiger partial charge on any atom is -0.301 e. The summed E-state index contributed by atoms with van der Waals surface area (Å²) in [6, 6.07) is 5.64. The Bertz CT molecular complexity index is 652. The van der Waals surface area contributed by atoms with Crippen LogP contribution in [-0.2, 0) is 10.0 Å². The van der Waals surface area contributed by atoms with E-state index in [4.69, 9.17) is 0 Å². The van der Waals surface area contributed by atoms with Gasteiger partial charge in [-0.25, -0.2) is 13.1 Å². The zero-order chi connectivity index (χ0) is 15.5. The Morgan fingerprint density at radius 3 is 2.48 bits per heavy atom. The molecule has 0 saturated carbocycles. The summed E-state index contributed by atoms with van der Waals surface area (Å²) in [5.74, 6) is 0.581. The maximum Gasteiger partial charge on any atom is 0.257 e. The normalized spacial score (nSPS) is 15.1. The van der Waals surface area contributed by atoms with Gasteiger partial charge in [-0.15, -0.1) is 0 Å². The minimum atomic E-state index is -3.53. The maximum absolute atomic E-state index is 12.0. The van der Waals surface area contributed by atoms with Gasteiger partial charge in [0.1, 0.15) is 0 Å². The van der Waals surface area contributed by atoms with Crippen molar-refractivity contribution >= 4 is 32.9 Å². The van der Waals surface area contributed by atoms with E-state index < -0.39 is 10.0 Å². The van der Waals surface area contributed by atoms with Crippen molar-refractivity contribution in [3.8, 4) is 0 Å². The van der Waals surface area contributed by atoms with Crippen molar-refractivity contribution in [2.24, 2.45) is 4.99 Å². The van der Waals surface area contributed by atoms with Crippen molar-refractivity contribution in [2.45, 2.75) is 24.8 Å². The lowest BCUT2D eigenvalue weighted by Gasteiger charge is -2.10. The Kier molecular flexibility index (Phi) is 5.02. The quantitative estimate of drug-likeness (QED) is 0.870. The van der Waals surface area contributed by atoms with Crippen molar-refractivity contribution in [3.63, 3.8) is 0 Å². The number of aliphatic imine (C=N–C) groups is 1. The van der Waals surface area contributed by atoms with E-state index in [-0.39, 0.29) is 16.8 Å². The van der Waals surface area contributed by atoms with Crippen molar-refractivity contribution in [2.75, 3.05) is 12.3 Å². The lowest BCUT2D eigenvalue weighted by Crippen LogP contribution is -2.30. The van der Waals surface area contributed by atoms with Gasteiger partial charge in [0.25, 0.3) is 5.91 Å². The summed E-state index contributed by atoms with van der Waals surface area (Å²) < 4.78 is 26.4. The van der Waals surface area contributed by atoms with Crippen LogP contribution < -0.4 is 10.0 Å². The van der Waals surface area contributed by atoms with Gasteiger partial charge in [0, 0.05) is 17.4 Å². The van der Waals surface area contributed by atoms with Crippen LogP contribution in [0.1, 0.15) is 24.2 Å². The molecule has 0 spiro atoms. The molecule has 21 heavy (non-hydrogen) atoms. The highest BCUT2D eigenvalue weighted by molar-refractivity contribution is 8.14. The van der Waals surface area contributed by atoms with Crippen molar-refractivity contribution in [3.05, 3.63) is 29.8 Å². The molecule has 1 aliphatic heterocycles. The monoisotopic (exact) mass is 327 g/mol. The van der Waals surface area contributed by atoms with Gasteiger partial charge < -0.3 is 5.32 Å². The molecular formula is C13H17N3O3S2. The molecule has 2 rings (SSSR count). The minimum absolute atomic E-state index is 0.139. The van der Waals surface area contributed by atoms with Gasteiger partial charge in [-0.1, -0.05) is 11.8 Å². The van der Waals surface area contributed by atoms with E-state index in [1.54, 1.807) is 13.8 Å². The molecule has 1 aliphatic rings. The molecule has 2 N–H and O–H groups in total. The first-order valence-corrected chi connectivity index (χ1v) is 8.96. The van der Waals surface area contributed by atoms with E-state index in [2.05, 4.69) is 15.0 Å². The van der Waals surface area contributed by atoms with Gasteiger partial charge in [0.05, 0.1) is 11.4 Å². The van der Waals surface area contributed by atoms with E-state index in [9.17, 15) is 13.2 Å². The number of carbonyl (C=O) groups is 1. The second kappa shape index (κ2) is 6.59. The van der Waals surface area contributed by atoms with E-state index >= 15 is 0 Å². The van der Waals surface area contributed by atoms with Gasteiger partial charge in [-0.05, 0) is 38.1 Å². The average Bonchev–Trinajstić information content (AvgIpc) is 2.90. The van der Waals surface area contributed by atoms with Gasteiger partial charge in [0.15, 0.2) is 5.17 Å². The number of nitrogens with zero attached hydrogens (tertiary/aromatic N) is 1. The molecule has 0 atom stereocenters. The van der Waals surface area contributed by atoms with Gasteiger partial charge in [-0.2, -0.15) is 0 Å². The van der Waals surface area contributed by atoms with Crippen LogP contribution in [0.25, 0.3) is 0 Å². The highest BCUT2D eigenvalue weighted by Gasteiger charge is 2.17. The third-order valence-corrected chi connectivity index (χ3v) is 5.19. The van der Waals surface area contributed by atoms with Crippen LogP contribution in [0.4, 0.5) is 0 Å². The number of nitrogens with one attached hydrogen (secondary N) is 2. The fraction of sp³-hybridized carbons (Fsp3) is 0.385. The number of hydrogen-bond acceptors (Lipinski definition) is 5. The lowest BCUT2D eigenvalue weighted by molar-refractivity contribution is 0.0978. The molecule has 1 amide bonds. The van der Waals surface area contributed by atoms with Crippen LogP contribution in [0.3, 0.4) is 0 Å². The Hall–Kier alpha value is -1.38. The summed E-state index contributed by atoms with van der Waals surface area (Å²) in [5, 5.41) is 3.30. The lowest BCUT2D eigenvalue weighted by atomic mass is 10.2. The Balaban J connectivity index is 2.09. The molecule has 8 heteroatoms. The molecule has 0 aliphatic carbocycles. The van der Waals surface area contributed by atoms with Gasteiger partial charge >= 0.3 is 0 Å². The maximum atomic E-state index is 12.0. The third kappa shape index (κ3) is 4.29. The Morgan fingerprint density at radius 2 is 1.95 bits per heavy atom. The highest BCUT2D eigenvalue weighted by atomic mass is 32.2. The van der Waals surface area contributed by atoms with Gasteiger partial charge in [0.2, 0.25) is 10.0 Å². The zero-order valence-electron chi connectivity index (χ0n) is 11.8. The van der Waals surface area contributed by atoms with E-state index in [1.807, 2.05) is 0 Å². The van der Waals surface area contributed by atoms with Crippen LogP contribution in [0.2, 0.25) is 0 Å². The molecule has 6 nitrogen and oxygen atoms in total. The number of sulfonamides is 1. The Morgan fingerprint density at radius 1 is 1.29 bits per heavy atom. The average molecular weight is 327 g/mol. The van der Waals surface area contributed by atoms with E-state index in [0.717, 1.165) is 5.75 Å². The van der Waals surface area contributed by atoms with Crippen molar-refractivity contribution < 1.29 is 13.2 Å². The summed E-state index contributed by atoms with van der Waals surface area (Å²) in [4.78, 5) is 16.2. The highest BCUT2D eigenvalue weighted by Crippen LogP contribution is 2.13. The summed E-state index contributed by atoms with van der Waals surface area (Å²) in [6.07, 6.45) is 0. The van der Waals surface area contributed by atoms with Gasteiger partial charge in [-0.3, -0.25) is 9.79 Å². The van der Waals surface area contributed by atoms with E-state index in [0.29, 0.717) is 17.3 Å². The number of thioether (sulfide) groups is 1. The number of carbonyl (C=O) groups excluding carboxylic acids is 1. The predicted molar refractivity (Wildman–Crippen MR) is 84.1 cm³/mol. The molecular weight excluding hydrogens is 310 g/mol. The first-order valence-electron chi connectivity index (χ1n) is 6.49. The summed E-state index contributed by atoms with van der Waals surface area (Å²) in [7, 11) is -3.53. The molecule has 1 aromatic rings. The molecule has 0 fully saturated rings. The zero-order valence-corrected chi connectivity index (χ0v) is 13.4. The number of amidine groups is 1. The van der Waals surface area contributed by atoms with Crippen LogP contribution in [0, 0.1) is 0 Å². The largest absolute Gasteiger partial charge is 0.301 e. The summed E-state index contributed by atoms with van der Waals surface area (Å²) in [5.41, 5.74) is 0.397. The smallest absolute Gasteiger partial charge is 0.257 e. The third-order valence-electron chi connectivity index (χ3n) is 2.62. The van der Waals surface area contributed by atoms with Crippen LogP contribution in [0.5, 0.6) is 0 Å². The predicted octanol–water partition coefficient (Wildman–Crippen LogP) is 1.21. The SMILES string of the molecule is CC(C)NS(=O)(=O)c1ccc(C(=O)NC2=NCCS2)cc1. The summed E-state index contributed by atoms with van der Waals surface area (Å²) in [6.45, 7) is 4.21. The molecule has 1 heterocycles. The second-order valence-corrected chi connectivity index (χ2v) is 7.59. The molecule has 0 saturated heterocycles. The topological polar surface area (TPSA) is 87.6 Å². The first kappa shape index (κ1) is 16.0. The molecule has 0 aromatic heterocycles. The molecule has 0 unspecified atom stereocenters. The van der Waals surface area contributed by atoms with Crippen molar-refractivity contribution in [1.29, 1.82) is 0 Å². The molecule has 0 radical (unpaired) electrons. The van der Waals surface area contributed by atoms with Crippen LogP contribution in [-0.4, -0.2) is 37.8 Å². The molecule has 114 valence electrons. The van der Waals surface area contributed by atoms with Crippen molar-refractivity contribution in [1.82, 2.24) is 10.0 Å². The molecule has 0 bridgehead atoms. The fourth-order valence-corrected chi connectivity index (χ4v) is 3.72. The number of benzene rings is 1. The standard InChI is InChI=1S/C13H17N3O3S2/c1-9(2)16-21(18,19)11-5-3-10(4-6-11)12(17)15-13-14-7-8-20-13/h3-6,9,16H,7-8H2,1-2H3,(H,14,15,17).